The van der Waals surface area contributed by atoms with Crippen molar-refractivity contribution in [3.63, 3.8) is 0 Å². The highest BCUT2D eigenvalue weighted by molar-refractivity contribution is 7.90. The molecular formula is C17H25N3O2S. The van der Waals surface area contributed by atoms with Gasteiger partial charge in [0, 0.05) is 43.1 Å². The van der Waals surface area contributed by atoms with E-state index < -0.39 is 9.84 Å². The fourth-order valence-corrected chi connectivity index (χ4v) is 3.75. The predicted octanol–water partition coefficient (Wildman–Crippen LogP) is 3.30. The van der Waals surface area contributed by atoms with Gasteiger partial charge in [-0.25, -0.2) is 8.42 Å². The molecule has 1 aromatic rings. The second-order valence-corrected chi connectivity index (χ2v) is 8.25. The van der Waals surface area contributed by atoms with Crippen LogP contribution in [0.15, 0.2) is 40.0 Å². The van der Waals surface area contributed by atoms with Crippen LogP contribution < -0.4 is 10.2 Å². The Labute approximate surface area is 139 Å². The maximum Gasteiger partial charge on any atom is 0.177 e. The fraction of sp³-hybridized carbons (Fsp3) is 0.471. The second kappa shape index (κ2) is 6.74. The number of nitrogens with one attached hydrogen (secondary N) is 1. The van der Waals surface area contributed by atoms with Gasteiger partial charge in [-0.1, -0.05) is 6.92 Å². The maximum atomic E-state index is 12.1. The molecule has 1 aromatic carbocycles. The van der Waals surface area contributed by atoms with Crippen molar-refractivity contribution in [1.29, 1.82) is 0 Å². The Morgan fingerprint density at radius 3 is 2.57 bits per heavy atom. The van der Waals surface area contributed by atoms with E-state index >= 15 is 0 Å². The van der Waals surface area contributed by atoms with Crippen molar-refractivity contribution in [3.8, 4) is 0 Å². The Morgan fingerprint density at radius 1 is 1.35 bits per heavy atom. The largest absolute Gasteiger partial charge is 0.387 e. The first-order valence-corrected chi connectivity index (χ1v) is 9.66. The third-order valence-electron chi connectivity index (χ3n) is 3.83. The summed E-state index contributed by atoms with van der Waals surface area (Å²) >= 11 is 0. The Bertz CT molecular complexity index is 736. The topological polar surface area (TPSA) is 61.8 Å². The molecule has 1 aliphatic heterocycles. The van der Waals surface area contributed by atoms with Gasteiger partial charge in [0.1, 0.15) is 0 Å². The first kappa shape index (κ1) is 17.5. The highest BCUT2D eigenvalue weighted by Crippen LogP contribution is 2.32. The van der Waals surface area contributed by atoms with E-state index in [1.807, 2.05) is 24.5 Å². The monoisotopic (exact) mass is 335 g/mol. The molecule has 2 rings (SSSR count). The van der Waals surface area contributed by atoms with Crippen LogP contribution in [0.4, 0.5) is 11.4 Å². The quantitative estimate of drug-likeness (QED) is 0.897. The van der Waals surface area contributed by atoms with Crippen LogP contribution in [0.1, 0.15) is 27.2 Å². The Hall–Kier alpha value is -1.82. The molecule has 0 spiro atoms. The third-order valence-corrected chi connectivity index (χ3v) is 4.97. The molecule has 1 aliphatic rings. The average Bonchev–Trinajstić information content (AvgIpc) is 2.46. The van der Waals surface area contributed by atoms with Gasteiger partial charge in [-0.15, -0.1) is 0 Å². The lowest BCUT2D eigenvalue weighted by atomic mass is 10.0. The van der Waals surface area contributed by atoms with E-state index in [1.54, 1.807) is 13.1 Å². The van der Waals surface area contributed by atoms with Crippen molar-refractivity contribution in [3.05, 3.63) is 30.1 Å². The maximum absolute atomic E-state index is 12.1. The summed E-state index contributed by atoms with van der Waals surface area (Å²) in [6.45, 7) is 6.31. The zero-order valence-electron chi connectivity index (χ0n) is 14.4. The lowest BCUT2D eigenvalue weighted by Gasteiger charge is -2.33. The van der Waals surface area contributed by atoms with Gasteiger partial charge in [0.25, 0.3) is 0 Å². The van der Waals surface area contributed by atoms with Crippen molar-refractivity contribution in [2.24, 2.45) is 10.9 Å². The van der Waals surface area contributed by atoms with Crippen LogP contribution in [0.5, 0.6) is 0 Å². The van der Waals surface area contributed by atoms with Gasteiger partial charge in [0.2, 0.25) is 0 Å². The molecule has 1 N–H and O–H groups in total. The molecule has 0 saturated carbocycles. The summed E-state index contributed by atoms with van der Waals surface area (Å²) in [5.41, 5.74) is 2.59. The van der Waals surface area contributed by atoms with Crippen LogP contribution in [0, 0.1) is 5.92 Å². The molecule has 0 bridgehead atoms. The van der Waals surface area contributed by atoms with E-state index in [-0.39, 0.29) is 6.04 Å². The van der Waals surface area contributed by atoms with E-state index in [0.717, 1.165) is 17.8 Å². The van der Waals surface area contributed by atoms with Crippen LogP contribution in [0.25, 0.3) is 0 Å². The van der Waals surface area contributed by atoms with E-state index in [4.69, 9.17) is 0 Å². The minimum absolute atomic E-state index is 0.203. The van der Waals surface area contributed by atoms with Crippen molar-refractivity contribution < 1.29 is 8.42 Å². The number of anilines is 2. The molecule has 1 unspecified atom stereocenters. The van der Waals surface area contributed by atoms with Crippen molar-refractivity contribution >= 4 is 27.4 Å². The standard InChI is InChI=1S/C17H25N3O2S/c1-12(2)20(15-8-13(3)10-19-11-15)14-6-7-16(18-4)17(9-14)23(5,21)22/h6-7,9-13,18H,8H2,1-5H3. The summed E-state index contributed by atoms with van der Waals surface area (Å²) in [6, 6.07) is 5.71. The van der Waals surface area contributed by atoms with Crippen LogP contribution in [0.2, 0.25) is 0 Å². The number of rotatable bonds is 5. The number of allylic oxidation sites excluding steroid dienone is 1. The molecule has 0 fully saturated rings. The smallest absolute Gasteiger partial charge is 0.177 e. The van der Waals surface area contributed by atoms with Gasteiger partial charge in [0.15, 0.2) is 9.84 Å². The predicted molar refractivity (Wildman–Crippen MR) is 97.1 cm³/mol. The summed E-state index contributed by atoms with van der Waals surface area (Å²) < 4.78 is 24.2. The van der Waals surface area contributed by atoms with E-state index in [2.05, 4.69) is 36.0 Å². The highest BCUT2D eigenvalue weighted by Gasteiger charge is 2.22. The SMILES string of the molecule is CNc1ccc(N(C2=CN=CC(C)C2)C(C)C)cc1S(C)(=O)=O. The van der Waals surface area contributed by atoms with Gasteiger partial charge in [0.05, 0.1) is 10.6 Å². The number of aliphatic imine (C=N–C) groups is 1. The molecule has 5 nitrogen and oxygen atoms in total. The van der Waals surface area contributed by atoms with Crippen LogP contribution in [0.3, 0.4) is 0 Å². The lowest BCUT2D eigenvalue weighted by molar-refractivity contribution is 0.602. The highest BCUT2D eigenvalue weighted by atomic mass is 32.2. The van der Waals surface area contributed by atoms with Gasteiger partial charge in [-0.2, -0.15) is 0 Å². The van der Waals surface area contributed by atoms with E-state index in [1.165, 1.54) is 6.26 Å². The van der Waals surface area contributed by atoms with Crippen LogP contribution in [-0.4, -0.2) is 34.0 Å². The van der Waals surface area contributed by atoms with Crippen molar-refractivity contribution in [2.45, 2.75) is 38.1 Å². The minimum Gasteiger partial charge on any atom is -0.387 e. The second-order valence-electron chi connectivity index (χ2n) is 6.27. The molecular weight excluding hydrogens is 310 g/mol. The molecule has 1 atom stereocenters. The number of nitrogens with zero attached hydrogens (tertiary/aromatic N) is 2. The van der Waals surface area contributed by atoms with E-state index in [0.29, 0.717) is 16.5 Å². The Balaban J connectivity index is 2.53. The first-order chi connectivity index (χ1) is 10.7. The molecule has 1 heterocycles. The molecule has 0 saturated heterocycles. The van der Waals surface area contributed by atoms with Crippen LogP contribution >= 0.6 is 0 Å². The van der Waals surface area contributed by atoms with Crippen molar-refractivity contribution in [2.75, 3.05) is 23.5 Å². The van der Waals surface area contributed by atoms with Gasteiger partial charge >= 0.3 is 0 Å². The number of hydrogen-bond donors (Lipinski definition) is 1. The summed E-state index contributed by atoms with van der Waals surface area (Å²) in [7, 11) is -1.58. The minimum atomic E-state index is -3.31. The van der Waals surface area contributed by atoms with Gasteiger partial charge < -0.3 is 10.2 Å². The summed E-state index contributed by atoms with van der Waals surface area (Å²) in [6.07, 6.45) is 5.93. The number of sulfone groups is 1. The molecule has 0 aromatic heterocycles. The molecule has 0 amide bonds. The summed E-state index contributed by atoms with van der Waals surface area (Å²) in [5.74, 6) is 0.377. The Morgan fingerprint density at radius 2 is 2.04 bits per heavy atom. The number of hydrogen-bond acceptors (Lipinski definition) is 5. The first-order valence-electron chi connectivity index (χ1n) is 7.77. The normalized spacial score (nSPS) is 18.0. The van der Waals surface area contributed by atoms with Crippen molar-refractivity contribution in [1.82, 2.24) is 0 Å². The molecule has 0 aliphatic carbocycles. The zero-order chi connectivity index (χ0) is 17.2. The van der Waals surface area contributed by atoms with Gasteiger partial charge in [-0.3, -0.25) is 4.99 Å². The molecule has 23 heavy (non-hydrogen) atoms. The third kappa shape index (κ3) is 3.93. The molecule has 6 heteroatoms. The molecule has 126 valence electrons. The summed E-state index contributed by atoms with van der Waals surface area (Å²) in [5, 5.41) is 2.95. The number of benzene rings is 1. The fourth-order valence-electron chi connectivity index (χ4n) is 2.84. The average molecular weight is 335 g/mol. The zero-order valence-corrected chi connectivity index (χ0v) is 15.2. The molecule has 0 radical (unpaired) electrons. The van der Waals surface area contributed by atoms with Gasteiger partial charge in [-0.05, 0) is 44.4 Å². The van der Waals surface area contributed by atoms with E-state index in [9.17, 15) is 8.42 Å². The Kier molecular flexibility index (Phi) is 5.14. The van der Waals surface area contributed by atoms with Crippen LogP contribution in [-0.2, 0) is 9.84 Å². The lowest BCUT2D eigenvalue weighted by Crippen LogP contribution is -2.32. The summed E-state index contributed by atoms with van der Waals surface area (Å²) in [4.78, 5) is 6.78.